The highest BCUT2D eigenvalue weighted by atomic mass is 16.4. The summed E-state index contributed by atoms with van der Waals surface area (Å²) in [6, 6.07) is 0. The van der Waals surface area contributed by atoms with Gasteiger partial charge >= 0.3 is 5.97 Å². The lowest BCUT2D eigenvalue weighted by molar-refractivity contribution is -0.161. The van der Waals surface area contributed by atoms with E-state index in [0.717, 1.165) is 6.42 Å². The van der Waals surface area contributed by atoms with E-state index in [2.05, 4.69) is 0 Å². The Bertz CT molecular complexity index is 259. The molecule has 0 spiro atoms. The van der Waals surface area contributed by atoms with E-state index in [1.165, 1.54) is 0 Å². The van der Waals surface area contributed by atoms with E-state index in [9.17, 15) is 15.0 Å². The molecule has 3 atom stereocenters. The molecule has 0 unspecified atom stereocenters. The van der Waals surface area contributed by atoms with Gasteiger partial charge in [0.15, 0.2) is 0 Å². The highest BCUT2D eigenvalue weighted by molar-refractivity contribution is 5.78. The van der Waals surface area contributed by atoms with Crippen LogP contribution in [-0.4, -0.2) is 22.3 Å². The summed E-state index contributed by atoms with van der Waals surface area (Å²) in [5.41, 5.74) is -1.10. The van der Waals surface area contributed by atoms with E-state index >= 15 is 0 Å². The van der Waals surface area contributed by atoms with Crippen LogP contribution in [0.5, 0.6) is 0 Å². The van der Waals surface area contributed by atoms with Gasteiger partial charge in [-0.25, -0.2) is 0 Å². The lowest BCUT2D eigenvalue weighted by atomic mass is 9.68. The fraction of sp³-hybridized carbons (Fsp3) is 0.900. The number of hydrogen-bond acceptors (Lipinski definition) is 2. The van der Waals surface area contributed by atoms with E-state index in [1.54, 1.807) is 0 Å². The largest absolute Gasteiger partial charge is 0.481 e. The summed E-state index contributed by atoms with van der Waals surface area (Å²) in [4.78, 5) is 11.2. The highest BCUT2D eigenvalue weighted by Crippen LogP contribution is 2.65. The van der Waals surface area contributed by atoms with Gasteiger partial charge in [-0.05, 0) is 30.6 Å². The van der Waals surface area contributed by atoms with Crippen molar-refractivity contribution in [2.75, 3.05) is 0 Å². The van der Waals surface area contributed by atoms with Gasteiger partial charge in [0.2, 0.25) is 0 Å². The smallest absolute Gasteiger partial charge is 0.312 e. The minimum atomic E-state index is -0.863. The van der Waals surface area contributed by atoms with Crippen LogP contribution < -0.4 is 0 Å². The summed E-state index contributed by atoms with van der Waals surface area (Å²) in [6.07, 6.45) is 1.62. The molecule has 2 saturated carbocycles. The van der Waals surface area contributed by atoms with Gasteiger partial charge in [-0.1, -0.05) is 13.8 Å². The van der Waals surface area contributed by atoms with E-state index in [-0.39, 0.29) is 5.41 Å². The van der Waals surface area contributed by atoms with Crippen LogP contribution in [-0.2, 0) is 4.79 Å². The molecule has 0 amide bonds. The van der Waals surface area contributed by atoms with Crippen LogP contribution in [0, 0.1) is 16.7 Å². The molecule has 3 heteroatoms. The molecule has 74 valence electrons. The van der Waals surface area contributed by atoms with Crippen LogP contribution in [0.25, 0.3) is 0 Å². The average Bonchev–Trinajstić information content (AvgIpc) is 2.35. The van der Waals surface area contributed by atoms with Crippen LogP contribution >= 0.6 is 0 Å². The first-order chi connectivity index (χ1) is 5.93. The van der Waals surface area contributed by atoms with Crippen LogP contribution in [0.1, 0.15) is 33.1 Å². The van der Waals surface area contributed by atoms with E-state index in [1.807, 2.05) is 13.8 Å². The second-order valence-electron chi connectivity index (χ2n) is 4.99. The lowest BCUT2D eigenvalue weighted by Gasteiger charge is -2.35. The zero-order chi connectivity index (χ0) is 9.85. The molecule has 2 fully saturated rings. The van der Waals surface area contributed by atoms with Crippen molar-refractivity contribution in [1.82, 2.24) is 0 Å². The summed E-state index contributed by atoms with van der Waals surface area (Å²) in [5.74, 6) is -0.427. The quantitative estimate of drug-likeness (QED) is 0.645. The Morgan fingerprint density at radius 1 is 1.46 bits per heavy atom. The van der Waals surface area contributed by atoms with Gasteiger partial charge in [0.1, 0.15) is 0 Å². The first kappa shape index (κ1) is 9.00. The summed E-state index contributed by atoms with van der Waals surface area (Å²) in [5, 5.41) is 19.0. The molecule has 0 radical (unpaired) electrons. The molecule has 2 N–H and O–H groups in total. The van der Waals surface area contributed by atoms with Crippen LogP contribution in [0.15, 0.2) is 0 Å². The van der Waals surface area contributed by atoms with E-state index in [0.29, 0.717) is 18.8 Å². The topological polar surface area (TPSA) is 57.5 Å². The lowest BCUT2D eigenvalue weighted by Crippen LogP contribution is -2.45. The molecular weight excluding hydrogens is 168 g/mol. The molecule has 2 rings (SSSR count). The normalized spacial score (nSPS) is 46.7. The van der Waals surface area contributed by atoms with Gasteiger partial charge in [0.25, 0.3) is 0 Å². The maximum Gasteiger partial charge on any atom is 0.312 e. The number of hydrogen-bond donors (Lipinski definition) is 2. The molecule has 0 aliphatic heterocycles. The Balaban J connectivity index is 2.49. The van der Waals surface area contributed by atoms with Crippen molar-refractivity contribution in [2.45, 2.75) is 39.2 Å². The number of carbonyl (C=O) groups is 1. The minimum Gasteiger partial charge on any atom is -0.481 e. The van der Waals surface area contributed by atoms with Crippen molar-refractivity contribution >= 4 is 5.97 Å². The summed E-state index contributed by atoms with van der Waals surface area (Å²) in [7, 11) is 0. The molecule has 2 aliphatic rings. The van der Waals surface area contributed by atoms with Crippen molar-refractivity contribution in [3.63, 3.8) is 0 Å². The second-order valence-corrected chi connectivity index (χ2v) is 4.99. The zero-order valence-electron chi connectivity index (χ0n) is 8.08. The van der Waals surface area contributed by atoms with E-state index < -0.39 is 17.5 Å². The number of rotatable bonds is 1. The third-order valence-corrected chi connectivity index (χ3v) is 4.52. The predicted octanol–water partition coefficient (Wildman–Crippen LogP) is 1.26. The number of aliphatic hydroxyl groups excluding tert-OH is 1. The standard InChI is InChI=1S/C10H16O3/c1-9(2)6-3-4-10(9,8(12)13)7(11)5-6/h6-7,11H,3-5H2,1-2H3,(H,12,13)/t6-,7+,10+/m1/s1. The molecule has 0 aromatic heterocycles. The second kappa shape index (κ2) is 2.27. The van der Waals surface area contributed by atoms with Crippen molar-refractivity contribution in [3.05, 3.63) is 0 Å². The summed E-state index contributed by atoms with van der Waals surface area (Å²) >= 11 is 0. The van der Waals surface area contributed by atoms with Crippen molar-refractivity contribution in [3.8, 4) is 0 Å². The number of fused-ring (bicyclic) bond motifs is 2. The SMILES string of the molecule is CC1(C)[C@@H]2CC[C@@]1(C(=O)O)[C@@H](O)C2. The molecule has 2 bridgehead atoms. The number of carboxylic acids is 1. The zero-order valence-corrected chi connectivity index (χ0v) is 8.08. The van der Waals surface area contributed by atoms with Crippen molar-refractivity contribution in [2.24, 2.45) is 16.7 Å². The Morgan fingerprint density at radius 3 is 2.31 bits per heavy atom. The molecule has 0 aromatic rings. The molecule has 13 heavy (non-hydrogen) atoms. The first-order valence-electron chi connectivity index (χ1n) is 4.84. The van der Waals surface area contributed by atoms with Gasteiger partial charge in [0.05, 0.1) is 11.5 Å². The van der Waals surface area contributed by atoms with Gasteiger partial charge < -0.3 is 10.2 Å². The maximum atomic E-state index is 11.2. The van der Waals surface area contributed by atoms with Gasteiger partial charge in [-0.15, -0.1) is 0 Å². The number of aliphatic hydroxyl groups is 1. The number of aliphatic carboxylic acids is 1. The van der Waals surface area contributed by atoms with E-state index in [4.69, 9.17) is 0 Å². The molecule has 0 saturated heterocycles. The molecule has 0 aromatic carbocycles. The fourth-order valence-electron chi connectivity index (χ4n) is 3.45. The fourth-order valence-corrected chi connectivity index (χ4v) is 3.45. The van der Waals surface area contributed by atoms with Crippen molar-refractivity contribution < 1.29 is 15.0 Å². The molecular formula is C10H16O3. The van der Waals surface area contributed by atoms with Gasteiger partial charge in [-0.3, -0.25) is 4.79 Å². The third kappa shape index (κ3) is 0.766. The highest BCUT2D eigenvalue weighted by Gasteiger charge is 2.68. The molecule has 0 heterocycles. The van der Waals surface area contributed by atoms with Crippen molar-refractivity contribution in [1.29, 1.82) is 0 Å². The Labute approximate surface area is 77.8 Å². The van der Waals surface area contributed by atoms with Gasteiger partial charge in [-0.2, -0.15) is 0 Å². The summed E-state index contributed by atoms with van der Waals surface area (Å²) in [6.45, 7) is 3.96. The average molecular weight is 184 g/mol. The summed E-state index contributed by atoms with van der Waals surface area (Å²) < 4.78 is 0. The molecule has 2 aliphatic carbocycles. The Hall–Kier alpha value is -0.570. The maximum absolute atomic E-state index is 11.2. The number of carboxylic acid groups (broad SMARTS) is 1. The van der Waals surface area contributed by atoms with Gasteiger partial charge in [0, 0.05) is 0 Å². The van der Waals surface area contributed by atoms with Crippen LogP contribution in [0.4, 0.5) is 0 Å². The third-order valence-electron chi connectivity index (χ3n) is 4.52. The molecule has 3 nitrogen and oxygen atoms in total. The first-order valence-corrected chi connectivity index (χ1v) is 4.84. The predicted molar refractivity (Wildman–Crippen MR) is 47.2 cm³/mol. The Morgan fingerprint density at radius 2 is 2.08 bits per heavy atom. The minimum absolute atomic E-state index is 0.238. The Kier molecular flexibility index (Phi) is 1.57. The van der Waals surface area contributed by atoms with Crippen LogP contribution in [0.3, 0.4) is 0 Å². The van der Waals surface area contributed by atoms with Crippen LogP contribution in [0.2, 0.25) is 0 Å². The monoisotopic (exact) mass is 184 g/mol.